The second-order valence-electron chi connectivity index (χ2n) is 4.07. The van der Waals surface area contributed by atoms with Crippen molar-refractivity contribution in [1.82, 2.24) is 9.88 Å². The van der Waals surface area contributed by atoms with Crippen molar-refractivity contribution in [3.63, 3.8) is 0 Å². The van der Waals surface area contributed by atoms with E-state index in [1.54, 1.807) is 11.0 Å². The molecule has 1 amide bonds. The minimum atomic E-state index is -0.265. The molecule has 1 aliphatic rings. The van der Waals surface area contributed by atoms with Crippen molar-refractivity contribution in [1.29, 1.82) is 0 Å². The summed E-state index contributed by atoms with van der Waals surface area (Å²) in [6, 6.07) is 5.08. The van der Waals surface area contributed by atoms with E-state index in [2.05, 4.69) is 4.98 Å². The number of aliphatic hydroxyl groups is 1. The lowest BCUT2D eigenvalue weighted by atomic mass is 10.2. The molecule has 5 nitrogen and oxygen atoms in total. The molecule has 0 spiro atoms. The average molecular weight is 236 g/mol. The predicted octanol–water partition coefficient (Wildman–Crippen LogP) is 0.223. The Morgan fingerprint density at radius 3 is 3.18 bits per heavy atom. The fourth-order valence-electron chi connectivity index (χ4n) is 1.88. The Morgan fingerprint density at radius 2 is 2.47 bits per heavy atom. The van der Waals surface area contributed by atoms with Crippen LogP contribution in [0.2, 0.25) is 0 Å². The molecule has 1 N–H and O–H groups in total. The average Bonchev–Trinajstić information content (AvgIpc) is 2.38. The Bertz CT molecular complexity index is 408. The molecule has 1 atom stereocenters. The maximum Gasteiger partial charge on any atom is 0.272 e. The molecule has 1 unspecified atom stereocenters. The van der Waals surface area contributed by atoms with Crippen LogP contribution in [0.15, 0.2) is 18.2 Å². The highest BCUT2D eigenvalue weighted by Gasteiger charge is 2.28. The highest BCUT2D eigenvalue weighted by Crippen LogP contribution is 2.11. The van der Waals surface area contributed by atoms with Gasteiger partial charge < -0.3 is 14.7 Å². The number of pyridine rings is 1. The second kappa shape index (κ2) is 5.25. The van der Waals surface area contributed by atoms with Gasteiger partial charge in [0.05, 0.1) is 25.9 Å². The number of hydrogen-bond donors (Lipinski definition) is 1. The maximum atomic E-state index is 12.2. The van der Waals surface area contributed by atoms with Crippen molar-refractivity contribution in [3.8, 4) is 0 Å². The van der Waals surface area contributed by atoms with Crippen LogP contribution in [0.4, 0.5) is 0 Å². The number of amides is 1. The molecule has 0 bridgehead atoms. The minimum Gasteiger partial charge on any atom is -0.394 e. The van der Waals surface area contributed by atoms with Crippen LogP contribution in [-0.2, 0) is 4.74 Å². The first-order valence-electron chi connectivity index (χ1n) is 5.65. The highest BCUT2D eigenvalue weighted by atomic mass is 16.5. The number of hydrogen-bond acceptors (Lipinski definition) is 4. The summed E-state index contributed by atoms with van der Waals surface area (Å²) in [6.45, 7) is 3.15. The smallest absolute Gasteiger partial charge is 0.272 e. The van der Waals surface area contributed by atoms with Crippen molar-refractivity contribution < 1.29 is 14.6 Å². The largest absolute Gasteiger partial charge is 0.394 e. The summed E-state index contributed by atoms with van der Waals surface area (Å²) >= 11 is 0. The number of aryl methyl sites for hydroxylation is 1. The Labute approximate surface area is 100 Å². The summed E-state index contributed by atoms with van der Waals surface area (Å²) in [5.74, 6) is -0.143. The van der Waals surface area contributed by atoms with E-state index in [1.165, 1.54) is 0 Å². The van der Waals surface area contributed by atoms with Gasteiger partial charge in [-0.05, 0) is 19.1 Å². The van der Waals surface area contributed by atoms with E-state index in [1.807, 2.05) is 19.1 Å². The summed E-state index contributed by atoms with van der Waals surface area (Å²) in [5, 5.41) is 9.22. The normalized spacial score (nSPS) is 20.4. The van der Waals surface area contributed by atoms with Crippen molar-refractivity contribution in [2.75, 3.05) is 26.4 Å². The summed E-state index contributed by atoms with van der Waals surface area (Å²) in [5.41, 5.74) is 1.23. The van der Waals surface area contributed by atoms with E-state index in [0.717, 1.165) is 5.69 Å². The molecule has 1 aromatic rings. The van der Waals surface area contributed by atoms with E-state index in [4.69, 9.17) is 4.74 Å². The highest BCUT2D eigenvalue weighted by molar-refractivity contribution is 5.92. The van der Waals surface area contributed by atoms with Gasteiger partial charge in [-0.25, -0.2) is 4.98 Å². The Balaban J connectivity index is 2.18. The zero-order chi connectivity index (χ0) is 12.3. The number of carbonyl (C=O) groups excluding carboxylic acids is 1. The first kappa shape index (κ1) is 12.0. The molecule has 5 heteroatoms. The molecule has 0 radical (unpaired) electrons. The monoisotopic (exact) mass is 236 g/mol. The fourth-order valence-corrected chi connectivity index (χ4v) is 1.88. The molecular formula is C12H16N2O3. The van der Waals surface area contributed by atoms with E-state index >= 15 is 0 Å². The van der Waals surface area contributed by atoms with Crippen molar-refractivity contribution in [3.05, 3.63) is 29.6 Å². The van der Waals surface area contributed by atoms with Crippen LogP contribution in [0.25, 0.3) is 0 Å². The van der Waals surface area contributed by atoms with Gasteiger partial charge in [0, 0.05) is 12.2 Å². The Morgan fingerprint density at radius 1 is 1.65 bits per heavy atom. The summed E-state index contributed by atoms with van der Waals surface area (Å²) in [7, 11) is 0. The number of aliphatic hydroxyl groups excluding tert-OH is 1. The number of carbonyl (C=O) groups is 1. The minimum absolute atomic E-state index is 0.0858. The summed E-state index contributed by atoms with van der Waals surface area (Å²) < 4.78 is 5.24. The van der Waals surface area contributed by atoms with Gasteiger partial charge >= 0.3 is 0 Å². The molecule has 0 aromatic carbocycles. The SMILES string of the molecule is Cc1cccc(C(=O)N2CCOCC2CO)n1. The number of rotatable bonds is 2. The topological polar surface area (TPSA) is 62.7 Å². The number of aromatic nitrogens is 1. The molecule has 1 fully saturated rings. The zero-order valence-electron chi connectivity index (χ0n) is 9.80. The van der Waals surface area contributed by atoms with Crippen molar-refractivity contribution >= 4 is 5.91 Å². The molecular weight excluding hydrogens is 220 g/mol. The molecule has 2 rings (SSSR count). The van der Waals surface area contributed by atoms with E-state index in [9.17, 15) is 9.90 Å². The third-order valence-corrected chi connectivity index (χ3v) is 2.81. The van der Waals surface area contributed by atoms with E-state index in [-0.39, 0.29) is 18.6 Å². The lowest BCUT2D eigenvalue weighted by molar-refractivity contribution is -0.0186. The molecule has 2 heterocycles. The Kier molecular flexibility index (Phi) is 3.71. The van der Waals surface area contributed by atoms with Crippen molar-refractivity contribution in [2.24, 2.45) is 0 Å². The van der Waals surface area contributed by atoms with Gasteiger partial charge in [0.2, 0.25) is 0 Å². The molecule has 17 heavy (non-hydrogen) atoms. The van der Waals surface area contributed by atoms with Crippen molar-refractivity contribution in [2.45, 2.75) is 13.0 Å². The van der Waals surface area contributed by atoms with Crippen LogP contribution in [0.5, 0.6) is 0 Å². The molecule has 92 valence electrons. The van der Waals surface area contributed by atoms with Crippen LogP contribution in [0.1, 0.15) is 16.2 Å². The lowest BCUT2D eigenvalue weighted by Gasteiger charge is -2.34. The quantitative estimate of drug-likeness (QED) is 0.798. The fraction of sp³-hybridized carbons (Fsp3) is 0.500. The van der Waals surface area contributed by atoms with Crippen LogP contribution < -0.4 is 0 Å². The van der Waals surface area contributed by atoms with E-state index < -0.39 is 0 Å². The van der Waals surface area contributed by atoms with Crippen LogP contribution in [0, 0.1) is 6.92 Å². The van der Waals surface area contributed by atoms with Gasteiger partial charge in [-0.3, -0.25) is 4.79 Å². The van der Waals surface area contributed by atoms with Gasteiger partial charge in [0.1, 0.15) is 5.69 Å². The van der Waals surface area contributed by atoms with Crippen LogP contribution in [-0.4, -0.2) is 53.3 Å². The lowest BCUT2D eigenvalue weighted by Crippen LogP contribution is -2.50. The summed E-state index contributed by atoms with van der Waals surface area (Å²) in [6.07, 6.45) is 0. The third-order valence-electron chi connectivity index (χ3n) is 2.81. The maximum absolute atomic E-state index is 12.2. The molecule has 1 aliphatic heterocycles. The van der Waals surface area contributed by atoms with Gasteiger partial charge in [0.25, 0.3) is 5.91 Å². The predicted molar refractivity (Wildman–Crippen MR) is 61.7 cm³/mol. The third kappa shape index (κ3) is 2.62. The summed E-state index contributed by atoms with van der Waals surface area (Å²) in [4.78, 5) is 18.1. The number of ether oxygens (including phenoxy) is 1. The molecule has 1 saturated heterocycles. The van der Waals surface area contributed by atoms with Crippen LogP contribution >= 0.6 is 0 Å². The van der Waals surface area contributed by atoms with Crippen LogP contribution in [0.3, 0.4) is 0 Å². The van der Waals surface area contributed by atoms with Gasteiger partial charge in [-0.15, -0.1) is 0 Å². The molecule has 1 aromatic heterocycles. The molecule has 0 saturated carbocycles. The van der Waals surface area contributed by atoms with Gasteiger partial charge in [-0.1, -0.05) is 6.07 Å². The molecule has 0 aliphatic carbocycles. The number of morpholine rings is 1. The zero-order valence-corrected chi connectivity index (χ0v) is 9.80. The second-order valence-corrected chi connectivity index (χ2v) is 4.07. The Hall–Kier alpha value is -1.46. The number of nitrogens with zero attached hydrogens (tertiary/aromatic N) is 2. The van der Waals surface area contributed by atoms with Gasteiger partial charge in [-0.2, -0.15) is 0 Å². The van der Waals surface area contributed by atoms with E-state index in [0.29, 0.717) is 25.5 Å². The van der Waals surface area contributed by atoms with Gasteiger partial charge in [0.15, 0.2) is 0 Å². The first-order chi connectivity index (χ1) is 8.22. The first-order valence-corrected chi connectivity index (χ1v) is 5.65. The standard InChI is InChI=1S/C12H16N2O3/c1-9-3-2-4-11(13-9)12(16)14-5-6-17-8-10(14)7-15/h2-4,10,15H,5-8H2,1H3.